The second-order valence-electron chi connectivity index (χ2n) is 5.43. The molecular formula is C14H17BrFNO2. The van der Waals surface area contributed by atoms with Crippen LogP contribution in [0.3, 0.4) is 0 Å². The number of nitrogens with one attached hydrogen (secondary N) is 1. The summed E-state index contributed by atoms with van der Waals surface area (Å²) in [4.78, 5) is 12.2. The van der Waals surface area contributed by atoms with Crippen molar-refractivity contribution in [2.45, 2.75) is 32.4 Å². The predicted molar refractivity (Wildman–Crippen MR) is 74.5 cm³/mol. The van der Waals surface area contributed by atoms with Crippen molar-refractivity contribution in [3.05, 3.63) is 34.1 Å². The quantitative estimate of drug-likeness (QED) is 0.925. The Kier molecular flexibility index (Phi) is 3.97. The Morgan fingerprint density at radius 2 is 2.21 bits per heavy atom. The highest BCUT2D eigenvalue weighted by Crippen LogP contribution is 2.42. The van der Waals surface area contributed by atoms with Crippen molar-refractivity contribution >= 4 is 21.8 Å². The minimum atomic E-state index is -0.369. The highest BCUT2D eigenvalue weighted by atomic mass is 79.9. The molecule has 0 aliphatic heterocycles. The summed E-state index contributed by atoms with van der Waals surface area (Å²) < 4.78 is 18.8. The molecule has 1 aromatic carbocycles. The Balaban J connectivity index is 2.07. The fourth-order valence-corrected chi connectivity index (χ4v) is 2.97. The smallest absolute Gasteiger partial charge is 0.252 e. The number of methoxy groups -OCH3 is 1. The van der Waals surface area contributed by atoms with Crippen molar-refractivity contribution in [3.8, 4) is 0 Å². The summed E-state index contributed by atoms with van der Waals surface area (Å²) >= 11 is 3.21. The van der Waals surface area contributed by atoms with Crippen LogP contribution in [0.5, 0.6) is 0 Å². The fourth-order valence-electron chi connectivity index (χ4n) is 2.44. The molecule has 1 aliphatic carbocycles. The molecule has 104 valence electrons. The molecule has 1 N–H and O–H groups in total. The van der Waals surface area contributed by atoms with Crippen LogP contribution >= 0.6 is 15.9 Å². The standard InChI is InChI=1S/C14H17BrFNO2/c1-14(2)11(7-12(14)19-3)17-13(18)9-5-4-8(16)6-10(9)15/h4-6,11-12H,7H2,1-3H3,(H,17,18). The summed E-state index contributed by atoms with van der Waals surface area (Å²) in [6.07, 6.45) is 0.961. The van der Waals surface area contributed by atoms with Gasteiger partial charge in [-0.3, -0.25) is 4.79 Å². The zero-order valence-corrected chi connectivity index (χ0v) is 12.8. The van der Waals surface area contributed by atoms with Crippen LogP contribution in [0.1, 0.15) is 30.6 Å². The lowest BCUT2D eigenvalue weighted by atomic mass is 9.64. The van der Waals surface area contributed by atoms with Gasteiger partial charge in [0.15, 0.2) is 0 Å². The van der Waals surface area contributed by atoms with E-state index in [9.17, 15) is 9.18 Å². The molecule has 5 heteroatoms. The molecular weight excluding hydrogens is 313 g/mol. The first kappa shape index (κ1) is 14.5. The lowest BCUT2D eigenvalue weighted by Gasteiger charge is -2.51. The van der Waals surface area contributed by atoms with Crippen LogP contribution in [0.25, 0.3) is 0 Å². The molecule has 2 unspecified atom stereocenters. The molecule has 1 amide bonds. The summed E-state index contributed by atoms with van der Waals surface area (Å²) in [5.41, 5.74) is 0.356. The van der Waals surface area contributed by atoms with E-state index in [1.54, 1.807) is 7.11 Å². The van der Waals surface area contributed by atoms with Gasteiger partial charge in [-0.2, -0.15) is 0 Å². The van der Waals surface area contributed by atoms with Crippen molar-refractivity contribution in [2.24, 2.45) is 5.41 Å². The maximum Gasteiger partial charge on any atom is 0.252 e. The molecule has 3 nitrogen and oxygen atoms in total. The van der Waals surface area contributed by atoms with E-state index >= 15 is 0 Å². The van der Waals surface area contributed by atoms with Crippen LogP contribution in [0.4, 0.5) is 4.39 Å². The Labute approximate surface area is 120 Å². The SMILES string of the molecule is COC1CC(NC(=O)c2ccc(F)cc2Br)C1(C)C. The fraction of sp³-hybridized carbons (Fsp3) is 0.500. The van der Waals surface area contributed by atoms with E-state index < -0.39 is 0 Å². The molecule has 2 atom stereocenters. The highest BCUT2D eigenvalue weighted by Gasteiger charge is 2.49. The average molecular weight is 330 g/mol. The first-order valence-corrected chi connectivity index (χ1v) is 6.94. The number of rotatable bonds is 3. The van der Waals surface area contributed by atoms with E-state index in [1.165, 1.54) is 18.2 Å². The molecule has 1 aliphatic rings. The molecule has 19 heavy (non-hydrogen) atoms. The predicted octanol–water partition coefficient (Wildman–Crippen LogP) is 3.13. The van der Waals surface area contributed by atoms with Crippen LogP contribution in [0.15, 0.2) is 22.7 Å². The molecule has 0 heterocycles. The highest BCUT2D eigenvalue weighted by molar-refractivity contribution is 9.10. The lowest BCUT2D eigenvalue weighted by Crippen LogP contribution is -2.61. The largest absolute Gasteiger partial charge is 0.381 e. The third-order valence-electron chi connectivity index (χ3n) is 3.94. The summed E-state index contributed by atoms with van der Waals surface area (Å²) in [6.45, 7) is 4.13. The molecule has 1 fully saturated rings. The molecule has 0 spiro atoms. The van der Waals surface area contributed by atoms with Gasteiger partial charge in [0.05, 0.1) is 11.7 Å². The summed E-state index contributed by atoms with van der Waals surface area (Å²) in [5.74, 6) is -0.564. The molecule has 1 saturated carbocycles. The van der Waals surface area contributed by atoms with Gasteiger partial charge in [0, 0.05) is 23.0 Å². The summed E-state index contributed by atoms with van der Waals surface area (Å²) in [5, 5.41) is 2.98. The number of ether oxygens (including phenoxy) is 1. The third kappa shape index (κ3) is 2.67. The number of carbonyl (C=O) groups is 1. The molecule has 1 aromatic rings. The van der Waals surface area contributed by atoms with Gasteiger partial charge < -0.3 is 10.1 Å². The second kappa shape index (κ2) is 5.21. The van der Waals surface area contributed by atoms with E-state index in [1.807, 2.05) is 0 Å². The van der Waals surface area contributed by atoms with Crippen molar-refractivity contribution in [3.63, 3.8) is 0 Å². The maximum absolute atomic E-state index is 13.0. The van der Waals surface area contributed by atoms with Crippen molar-refractivity contribution in [2.75, 3.05) is 7.11 Å². The van der Waals surface area contributed by atoms with Crippen molar-refractivity contribution in [1.29, 1.82) is 0 Å². The van der Waals surface area contributed by atoms with Crippen LogP contribution in [-0.4, -0.2) is 25.2 Å². The van der Waals surface area contributed by atoms with Crippen LogP contribution in [0.2, 0.25) is 0 Å². The second-order valence-corrected chi connectivity index (χ2v) is 6.29. The molecule has 0 radical (unpaired) electrons. The van der Waals surface area contributed by atoms with Gasteiger partial charge in [0.1, 0.15) is 5.82 Å². The van der Waals surface area contributed by atoms with Crippen molar-refractivity contribution < 1.29 is 13.9 Å². The zero-order valence-electron chi connectivity index (χ0n) is 11.2. The Morgan fingerprint density at radius 3 is 2.74 bits per heavy atom. The maximum atomic E-state index is 13.0. The summed E-state index contributed by atoms with van der Waals surface area (Å²) in [6, 6.07) is 4.12. The Bertz CT molecular complexity index is 504. The zero-order chi connectivity index (χ0) is 14.2. The first-order chi connectivity index (χ1) is 8.86. The average Bonchev–Trinajstić information content (AvgIpc) is 2.33. The van der Waals surface area contributed by atoms with Crippen molar-refractivity contribution in [1.82, 2.24) is 5.32 Å². The third-order valence-corrected chi connectivity index (χ3v) is 4.60. The molecule has 2 rings (SSSR count). The van der Waals surface area contributed by atoms with Gasteiger partial charge in [-0.15, -0.1) is 0 Å². The Hall–Kier alpha value is -0.940. The number of hydrogen-bond donors (Lipinski definition) is 1. The first-order valence-electron chi connectivity index (χ1n) is 6.15. The monoisotopic (exact) mass is 329 g/mol. The van der Waals surface area contributed by atoms with E-state index in [4.69, 9.17) is 4.74 Å². The number of halogens is 2. The lowest BCUT2D eigenvalue weighted by molar-refractivity contribution is -0.0942. The van der Waals surface area contributed by atoms with Gasteiger partial charge in [0.25, 0.3) is 5.91 Å². The normalized spacial score (nSPS) is 24.7. The minimum absolute atomic E-state index is 0.0712. The molecule has 0 saturated heterocycles. The van der Waals surface area contributed by atoms with Gasteiger partial charge in [-0.05, 0) is 40.5 Å². The van der Waals surface area contributed by atoms with E-state index in [-0.39, 0.29) is 29.3 Å². The number of carbonyl (C=O) groups excluding carboxylic acids is 1. The minimum Gasteiger partial charge on any atom is -0.381 e. The van der Waals surface area contributed by atoms with Gasteiger partial charge in [0.2, 0.25) is 0 Å². The van der Waals surface area contributed by atoms with Crippen LogP contribution in [-0.2, 0) is 4.74 Å². The van der Waals surface area contributed by atoms with Crippen LogP contribution < -0.4 is 5.32 Å². The Morgan fingerprint density at radius 1 is 1.53 bits per heavy atom. The van der Waals surface area contributed by atoms with E-state index in [0.29, 0.717) is 10.0 Å². The summed E-state index contributed by atoms with van der Waals surface area (Å²) in [7, 11) is 1.68. The molecule has 0 aromatic heterocycles. The van der Waals surface area contributed by atoms with E-state index in [2.05, 4.69) is 35.1 Å². The number of benzene rings is 1. The molecule has 0 bridgehead atoms. The van der Waals surface area contributed by atoms with Gasteiger partial charge in [-0.1, -0.05) is 13.8 Å². The van der Waals surface area contributed by atoms with Gasteiger partial charge in [-0.25, -0.2) is 4.39 Å². The van der Waals surface area contributed by atoms with Gasteiger partial charge >= 0.3 is 0 Å². The van der Waals surface area contributed by atoms with Crippen LogP contribution in [0, 0.1) is 11.2 Å². The number of amides is 1. The van der Waals surface area contributed by atoms with E-state index in [0.717, 1.165) is 6.42 Å². The topological polar surface area (TPSA) is 38.3 Å². The number of hydrogen-bond acceptors (Lipinski definition) is 2.